The third-order valence-electron chi connectivity index (χ3n) is 4.93. The van der Waals surface area contributed by atoms with E-state index in [4.69, 9.17) is 0 Å². The van der Waals surface area contributed by atoms with E-state index >= 15 is 0 Å². The Morgan fingerprint density at radius 3 is 2.66 bits per heavy atom. The number of carbonyl (C=O) groups excluding carboxylic acids is 1. The second kappa shape index (κ2) is 7.32. The number of nitrogens with zero attached hydrogens (tertiary/aromatic N) is 4. The summed E-state index contributed by atoms with van der Waals surface area (Å²) < 4.78 is 30.6. The van der Waals surface area contributed by atoms with Crippen LogP contribution in [0.1, 0.15) is 18.4 Å². The number of carbonyl (C=O) groups is 1. The first-order chi connectivity index (χ1) is 13.8. The van der Waals surface area contributed by atoms with Crippen molar-refractivity contribution in [1.29, 1.82) is 0 Å². The van der Waals surface area contributed by atoms with Gasteiger partial charge in [-0.15, -0.1) is 10.2 Å². The minimum absolute atomic E-state index is 0.0153. The van der Waals surface area contributed by atoms with E-state index in [1.807, 2.05) is 13.1 Å². The van der Waals surface area contributed by atoms with Crippen LogP contribution in [0.5, 0.6) is 0 Å². The molecule has 0 radical (unpaired) electrons. The highest BCUT2D eigenvalue weighted by Gasteiger charge is 2.25. The highest BCUT2D eigenvalue weighted by molar-refractivity contribution is 7.92. The molecule has 1 aromatic heterocycles. The minimum atomic E-state index is -3.84. The molecule has 4 rings (SSSR count). The highest BCUT2D eigenvalue weighted by atomic mass is 32.2. The molecule has 3 aromatic rings. The van der Waals surface area contributed by atoms with Crippen LogP contribution in [-0.2, 0) is 21.9 Å². The Morgan fingerprint density at radius 1 is 1.14 bits per heavy atom. The number of sulfonamides is 1. The fourth-order valence-corrected chi connectivity index (χ4v) is 4.76. The Morgan fingerprint density at radius 2 is 1.97 bits per heavy atom. The van der Waals surface area contributed by atoms with Crippen molar-refractivity contribution in [1.82, 2.24) is 14.8 Å². The molecule has 1 amide bonds. The van der Waals surface area contributed by atoms with Gasteiger partial charge >= 0.3 is 0 Å². The lowest BCUT2D eigenvalue weighted by Crippen LogP contribution is -2.24. The van der Waals surface area contributed by atoms with Crippen molar-refractivity contribution in [2.24, 2.45) is 7.05 Å². The van der Waals surface area contributed by atoms with Crippen molar-refractivity contribution < 1.29 is 13.2 Å². The van der Waals surface area contributed by atoms with E-state index in [2.05, 4.69) is 14.9 Å². The summed E-state index contributed by atoms with van der Waals surface area (Å²) in [5.74, 6) is 0.651. The summed E-state index contributed by atoms with van der Waals surface area (Å²) in [6.07, 6.45) is 2.85. The van der Waals surface area contributed by atoms with Crippen LogP contribution >= 0.6 is 0 Å². The Labute approximate surface area is 169 Å². The molecule has 9 heteroatoms. The average molecular weight is 411 g/mol. The predicted octanol–water partition coefficient (Wildman–Crippen LogP) is 2.72. The maximum Gasteiger partial charge on any atom is 0.262 e. The van der Waals surface area contributed by atoms with E-state index in [-0.39, 0.29) is 10.8 Å². The molecule has 1 fully saturated rings. The maximum absolute atomic E-state index is 13.1. The quantitative estimate of drug-likeness (QED) is 0.696. The number of nitrogens with one attached hydrogen (secondary N) is 1. The largest absolute Gasteiger partial charge is 0.317 e. The number of amides is 1. The van der Waals surface area contributed by atoms with Crippen molar-refractivity contribution >= 4 is 27.3 Å². The summed E-state index contributed by atoms with van der Waals surface area (Å²) in [5.41, 5.74) is 2.38. The van der Waals surface area contributed by atoms with Crippen LogP contribution in [0.25, 0.3) is 11.4 Å². The maximum atomic E-state index is 13.1. The monoisotopic (exact) mass is 411 g/mol. The Bertz CT molecular complexity index is 1190. The van der Waals surface area contributed by atoms with Gasteiger partial charge in [0.2, 0.25) is 5.91 Å². The van der Waals surface area contributed by atoms with Crippen LogP contribution in [0.15, 0.2) is 53.7 Å². The average Bonchev–Trinajstić information content (AvgIpc) is 3.30. The van der Waals surface area contributed by atoms with Crippen LogP contribution in [0.2, 0.25) is 0 Å². The lowest BCUT2D eigenvalue weighted by atomic mass is 10.2. The molecule has 1 aliphatic rings. The zero-order chi connectivity index (χ0) is 20.6. The van der Waals surface area contributed by atoms with Gasteiger partial charge in [0, 0.05) is 37.0 Å². The van der Waals surface area contributed by atoms with E-state index < -0.39 is 10.0 Å². The van der Waals surface area contributed by atoms with Gasteiger partial charge in [-0.3, -0.25) is 9.52 Å². The van der Waals surface area contributed by atoms with Crippen molar-refractivity contribution in [2.75, 3.05) is 16.2 Å². The Hall–Kier alpha value is -3.20. The lowest BCUT2D eigenvalue weighted by Gasteiger charge is -2.18. The molecule has 0 aliphatic carbocycles. The van der Waals surface area contributed by atoms with E-state index in [9.17, 15) is 13.2 Å². The van der Waals surface area contributed by atoms with Crippen molar-refractivity contribution in [2.45, 2.75) is 24.7 Å². The second-order valence-corrected chi connectivity index (χ2v) is 8.70. The molecule has 0 bridgehead atoms. The number of aryl methyl sites for hydroxylation is 2. The third kappa shape index (κ3) is 3.73. The Balaban J connectivity index is 1.66. The first kappa shape index (κ1) is 19.1. The van der Waals surface area contributed by atoms with Gasteiger partial charge in [-0.2, -0.15) is 0 Å². The predicted molar refractivity (Wildman–Crippen MR) is 110 cm³/mol. The van der Waals surface area contributed by atoms with Gasteiger partial charge in [0.25, 0.3) is 10.0 Å². The van der Waals surface area contributed by atoms with Crippen molar-refractivity contribution in [3.63, 3.8) is 0 Å². The standard InChI is InChI=1S/C20H21N5O3S/c1-14-8-9-17(25-10-4-7-19(25)26)12-18(14)29(27,28)23-16-6-3-5-15(11-16)20-22-21-13-24(20)2/h3,5-6,8-9,11-13,23H,4,7,10H2,1-2H3. The minimum Gasteiger partial charge on any atom is -0.317 e. The highest BCUT2D eigenvalue weighted by Crippen LogP contribution is 2.28. The third-order valence-corrected chi connectivity index (χ3v) is 6.45. The molecular formula is C20H21N5O3S. The summed E-state index contributed by atoms with van der Waals surface area (Å²) in [7, 11) is -2.02. The topological polar surface area (TPSA) is 97.2 Å². The number of aromatic nitrogens is 3. The molecule has 2 aromatic carbocycles. The first-order valence-electron chi connectivity index (χ1n) is 9.23. The molecule has 150 valence electrons. The SMILES string of the molecule is Cc1ccc(N2CCCC2=O)cc1S(=O)(=O)Nc1cccc(-c2nncn2C)c1. The summed E-state index contributed by atoms with van der Waals surface area (Å²) in [6, 6.07) is 12.1. The number of rotatable bonds is 5. The van der Waals surface area contributed by atoms with Gasteiger partial charge in [0.05, 0.1) is 4.90 Å². The summed E-state index contributed by atoms with van der Waals surface area (Å²) in [5, 5.41) is 7.91. The zero-order valence-electron chi connectivity index (χ0n) is 16.2. The molecule has 0 unspecified atom stereocenters. The van der Waals surface area contributed by atoms with Gasteiger partial charge < -0.3 is 9.47 Å². The summed E-state index contributed by atoms with van der Waals surface area (Å²) in [6.45, 7) is 2.34. The summed E-state index contributed by atoms with van der Waals surface area (Å²) >= 11 is 0. The van der Waals surface area contributed by atoms with Gasteiger partial charge in [0.1, 0.15) is 6.33 Å². The van der Waals surface area contributed by atoms with E-state index in [0.717, 1.165) is 12.0 Å². The molecule has 29 heavy (non-hydrogen) atoms. The molecule has 0 atom stereocenters. The number of benzene rings is 2. The van der Waals surface area contributed by atoms with E-state index in [0.29, 0.717) is 35.7 Å². The number of hydrogen-bond acceptors (Lipinski definition) is 5. The van der Waals surface area contributed by atoms with Gasteiger partial charge in [0.15, 0.2) is 5.82 Å². The van der Waals surface area contributed by atoms with Gasteiger partial charge in [-0.1, -0.05) is 18.2 Å². The molecule has 0 spiro atoms. The smallest absolute Gasteiger partial charge is 0.262 e. The fourth-order valence-electron chi connectivity index (χ4n) is 3.44. The van der Waals surface area contributed by atoms with Crippen LogP contribution in [-0.4, -0.2) is 35.6 Å². The lowest BCUT2D eigenvalue weighted by molar-refractivity contribution is -0.117. The van der Waals surface area contributed by atoms with Crippen LogP contribution in [0.4, 0.5) is 11.4 Å². The van der Waals surface area contributed by atoms with E-state index in [1.54, 1.807) is 59.1 Å². The zero-order valence-corrected chi connectivity index (χ0v) is 17.0. The number of anilines is 2. The molecule has 0 saturated carbocycles. The molecule has 8 nitrogen and oxygen atoms in total. The van der Waals surface area contributed by atoms with Crippen LogP contribution < -0.4 is 9.62 Å². The van der Waals surface area contributed by atoms with Crippen molar-refractivity contribution in [3.8, 4) is 11.4 Å². The molecule has 1 aliphatic heterocycles. The summed E-state index contributed by atoms with van der Waals surface area (Å²) in [4.78, 5) is 13.8. The van der Waals surface area contributed by atoms with Crippen molar-refractivity contribution in [3.05, 3.63) is 54.4 Å². The Kier molecular flexibility index (Phi) is 4.83. The van der Waals surface area contributed by atoms with Crippen LogP contribution in [0, 0.1) is 6.92 Å². The van der Waals surface area contributed by atoms with Gasteiger partial charge in [-0.05, 0) is 43.2 Å². The van der Waals surface area contributed by atoms with Gasteiger partial charge in [-0.25, -0.2) is 8.42 Å². The second-order valence-electron chi connectivity index (χ2n) is 7.05. The normalized spacial score (nSPS) is 14.4. The van der Waals surface area contributed by atoms with Crippen LogP contribution in [0.3, 0.4) is 0 Å². The molecule has 2 heterocycles. The molecule has 1 N–H and O–H groups in total. The molecular weight excluding hydrogens is 390 g/mol. The van der Waals surface area contributed by atoms with E-state index in [1.165, 1.54) is 0 Å². The molecule has 1 saturated heterocycles. The fraction of sp³-hybridized carbons (Fsp3) is 0.250. The number of hydrogen-bond donors (Lipinski definition) is 1. The first-order valence-corrected chi connectivity index (χ1v) is 10.7.